The molecule has 0 aromatic heterocycles. The lowest BCUT2D eigenvalue weighted by molar-refractivity contribution is -0.122. The Morgan fingerprint density at radius 2 is 1.66 bits per heavy atom. The number of piperazine rings is 1. The third kappa shape index (κ3) is 5.81. The van der Waals surface area contributed by atoms with Gasteiger partial charge in [-0.15, -0.1) is 0 Å². The first-order valence-electron chi connectivity index (χ1n) is 9.34. The summed E-state index contributed by atoms with van der Waals surface area (Å²) in [6.45, 7) is 1.93. The third-order valence-corrected chi connectivity index (χ3v) is 6.68. The van der Waals surface area contributed by atoms with E-state index in [-0.39, 0.29) is 36.3 Å². The van der Waals surface area contributed by atoms with Gasteiger partial charge in [0.15, 0.2) is 0 Å². The fourth-order valence-corrected chi connectivity index (χ4v) is 4.62. The second-order valence-electron chi connectivity index (χ2n) is 6.86. The van der Waals surface area contributed by atoms with Gasteiger partial charge < -0.3 is 5.32 Å². The molecule has 0 saturated carbocycles. The number of carbonyl (C=O) groups excluding carboxylic acids is 1. The molecule has 0 radical (unpaired) electrons. The van der Waals surface area contributed by atoms with Gasteiger partial charge in [-0.3, -0.25) is 9.69 Å². The lowest BCUT2D eigenvalue weighted by Gasteiger charge is -2.33. The van der Waals surface area contributed by atoms with Gasteiger partial charge in [-0.25, -0.2) is 17.2 Å². The van der Waals surface area contributed by atoms with E-state index >= 15 is 0 Å². The van der Waals surface area contributed by atoms with Crippen molar-refractivity contribution in [1.29, 1.82) is 0 Å². The minimum Gasteiger partial charge on any atom is -0.355 e. The normalized spacial score (nSPS) is 15.9. The van der Waals surface area contributed by atoms with Gasteiger partial charge in [-0.2, -0.15) is 4.31 Å². The topological polar surface area (TPSA) is 69.7 Å². The van der Waals surface area contributed by atoms with E-state index in [2.05, 4.69) is 5.32 Å². The molecule has 2 aromatic carbocycles. The van der Waals surface area contributed by atoms with Crippen LogP contribution in [0.2, 0.25) is 0 Å². The predicted molar refractivity (Wildman–Crippen MR) is 105 cm³/mol. The summed E-state index contributed by atoms with van der Waals surface area (Å²) < 4.78 is 52.7. The first-order valence-corrected chi connectivity index (χ1v) is 10.8. The lowest BCUT2D eigenvalue weighted by Crippen LogP contribution is -2.51. The Balaban J connectivity index is 1.43. The summed E-state index contributed by atoms with van der Waals surface area (Å²) in [5.74, 6) is -1.04. The Morgan fingerprint density at radius 1 is 0.966 bits per heavy atom. The zero-order valence-corrected chi connectivity index (χ0v) is 16.7. The summed E-state index contributed by atoms with van der Waals surface area (Å²) in [7, 11) is -3.74. The van der Waals surface area contributed by atoms with Crippen LogP contribution >= 0.6 is 0 Å². The molecule has 1 heterocycles. The van der Waals surface area contributed by atoms with Gasteiger partial charge >= 0.3 is 0 Å². The molecule has 1 saturated heterocycles. The molecular weight excluding hydrogens is 400 g/mol. The summed E-state index contributed by atoms with van der Waals surface area (Å²) in [5.41, 5.74) is 0.933. The van der Waals surface area contributed by atoms with Crippen molar-refractivity contribution < 1.29 is 22.0 Å². The van der Waals surface area contributed by atoms with Crippen LogP contribution in [0, 0.1) is 11.6 Å². The Kier molecular flexibility index (Phi) is 6.94. The maximum atomic E-state index is 13.3. The number of sulfonamides is 1. The molecule has 1 aliphatic rings. The number of hydrogen-bond acceptors (Lipinski definition) is 4. The highest BCUT2D eigenvalue weighted by atomic mass is 32.2. The molecule has 6 nitrogen and oxygen atoms in total. The van der Waals surface area contributed by atoms with Crippen LogP contribution in [0.25, 0.3) is 0 Å². The molecule has 1 amide bonds. The predicted octanol–water partition coefficient (Wildman–Crippen LogP) is 1.63. The smallest absolute Gasteiger partial charge is 0.243 e. The fraction of sp³-hybridized carbons (Fsp3) is 0.350. The maximum Gasteiger partial charge on any atom is 0.243 e. The molecule has 9 heteroatoms. The van der Waals surface area contributed by atoms with Crippen LogP contribution in [0.3, 0.4) is 0 Å². The van der Waals surface area contributed by atoms with Crippen LogP contribution in [0.5, 0.6) is 0 Å². The van der Waals surface area contributed by atoms with Crippen LogP contribution in [0.15, 0.2) is 53.4 Å². The number of halogens is 2. The van der Waals surface area contributed by atoms with Crippen LogP contribution in [-0.4, -0.2) is 62.8 Å². The highest BCUT2D eigenvalue weighted by Crippen LogP contribution is 2.18. The molecule has 29 heavy (non-hydrogen) atoms. The molecule has 0 unspecified atom stereocenters. The minimum atomic E-state index is -3.74. The number of hydrogen-bond donors (Lipinski definition) is 1. The molecule has 0 atom stereocenters. The van der Waals surface area contributed by atoms with E-state index < -0.39 is 15.8 Å². The summed E-state index contributed by atoms with van der Waals surface area (Å²) in [5, 5.41) is 2.82. The maximum absolute atomic E-state index is 13.3. The van der Waals surface area contributed by atoms with Crippen molar-refractivity contribution in [3.63, 3.8) is 0 Å². The molecule has 1 fully saturated rings. The number of carbonyl (C=O) groups is 1. The first kappa shape index (κ1) is 21.4. The summed E-state index contributed by atoms with van der Waals surface area (Å²) >= 11 is 0. The van der Waals surface area contributed by atoms with Crippen molar-refractivity contribution in [2.24, 2.45) is 0 Å². The molecule has 2 aromatic rings. The average molecular weight is 423 g/mol. The molecule has 1 aliphatic heterocycles. The van der Waals surface area contributed by atoms with Crippen molar-refractivity contribution in [3.8, 4) is 0 Å². The van der Waals surface area contributed by atoms with Gasteiger partial charge in [0.1, 0.15) is 11.6 Å². The van der Waals surface area contributed by atoms with Crippen LogP contribution in [0.1, 0.15) is 5.56 Å². The summed E-state index contributed by atoms with van der Waals surface area (Å²) in [4.78, 5) is 13.9. The van der Waals surface area contributed by atoms with E-state index in [1.54, 1.807) is 12.1 Å². The molecule has 1 N–H and O–H groups in total. The molecule has 0 bridgehead atoms. The van der Waals surface area contributed by atoms with Crippen molar-refractivity contribution >= 4 is 15.9 Å². The Morgan fingerprint density at radius 3 is 2.31 bits per heavy atom. The molecule has 0 aliphatic carbocycles. The Bertz CT molecular complexity index is 944. The van der Waals surface area contributed by atoms with Gasteiger partial charge in [0, 0.05) is 32.7 Å². The zero-order chi connectivity index (χ0) is 20.9. The molecule has 3 rings (SSSR count). The fourth-order valence-electron chi connectivity index (χ4n) is 3.16. The summed E-state index contributed by atoms with van der Waals surface area (Å²) in [6, 6.07) is 11.1. The van der Waals surface area contributed by atoms with E-state index in [0.29, 0.717) is 26.1 Å². The van der Waals surface area contributed by atoms with E-state index in [0.717, 1.165) is 11.6 Å². The van der Waals surface area contributed by atoms with Crippen LogP contribution < -0.4 is 5.32 Å². The Labute approximate surface area is 169 Å². The number of amides is 1. The lowest BCUT2D eigenvalue weighted by atomic mass is 10.1. The second-order valence-corrected chi connectivity index (χ2v) is 8.80. The molecule has 156 valence electrons. The van der Waals surface area contributed by atoms with Crippen molar-refractivity contribution in [2.75, 3.05) is 39.3 Å². The van der Waals surface area contributed by atoms with E-state index in [4.69, 9.17) is 0 Å². The van der Waals surface area contributed by atoms with Crippen LogP contribution in [0.4, 0.5) is 8.78 Å². The van der Waals surface area contributed by atoms with Crippen molar-refractivity contribution in [2.45, 2.75) is 11.3 Å². The van der Waals surface area contributed by atoms with Crippen LogP contribution in [-0.2, 0) is 21.2 Å². The third-order valence-electron chi connectivity index (χ3n) is 4.78. The van der Waals surface area contributed by atoms with E-state index in [1.165, 1.54) is 34.6 Å². The standard InChI is InChI=1S/C20H23F2N3O3S/c21-17-6-4-16(5-7-17)8-9-23-20(26)15-24-10-12-25(13-11-24)29(27,28)19-3-1-2-18(22)14-19/h1-7,14H,8-13,15H2,(H,23,26). The Hall–Kier alpha value is -2.36. The van der Waals surface area contributed by atoms with Gasteiger partial charge in [-0.05, 0) is 42.3 Å². The second kappa shape index (κ2) is 9.43. The van der Waals surface area contributed by atoms with Crippen molar-refractivity contribution in [1.82, 2.24) is 14.5 Å². The van der Waals surface area contributed by atoms with Gasteiger partial charge in [0.05, 0.1) is 11.4 Å². The monoisotopic (exact) mass is 423 g/mol. The van der Waals surface area contributed by atoms with Gasteiger partial charge in [0.25, 0.3) is 0 Å². The van der Waals surface area contributed by atoms with Gasteiger partial charge in [-0.1, -0.05) is 18.2 Å². The van der Waals surface area contributed by atoms with E-state index in [9.17, 15) is 22.0 Å². The number of nitrogens with zero attached hydrogens (tertiary/aromatic N) is 2. The first-order chi connectivity index (χ1) is 13.8. The SMILES string of the molecule is O=C(CN1CCN(S(=O)(=O)c2cccc(F)c2)CC1)NCCc1ccc(F)cc1. The molecular formula is C20H23F2N3O3S. The van der Waals surface area contributed by atoms with E-state index in [1.807, 2.05) is 4.90 Å². The number of rotatable bonds is 7. The number of nitrogens with one attached hydrogen (secondary N) is 1. The highest BCUT2D eigenvalue weighted by molar-refractivity contribution is 7.89. The van der Waals surface area contributed by atoms with Gasteiger partial charge in [0.2, 0.25) is 15.9 Å². The quantitative estimate of drug-likeness (QED) is 0.735. The average Bonchev–Trinajstić information content (AvgIpc) is 2.70. The number of benzene rings is 2. The van der Waals surface area contributed by atoms with Crippen molar-refractivity contribution in [3.05, 3.63) is 65.7 Å². The molecule has 0 spiro atoms. The largest absolute Gasteiger partial charge is 0.355 e. The summed E-state index contributed by atoms with van der Waals surface area (Å²) in [6.07, 6.45) is 0.603. The minimum absolute atomic E-state index is 0.0653. The highest BCUT2D eigenvalue weighted by Gasteiger charge is 2.29. The zero-order valence-electron chi connectivity index (χ0n) is 15.9.